The lowest BCUT2D eigenvalue weighted by Crippen LogP contribution is -2.49. The number of amides is 1. The van der Waals surface area contributed by atoms with Crippen LogP contribution in [-0.4, -0.2) is 66.9 Å². The van der Waals surface area contributed by atoms with Crippen molar-refractivity contribution in [1.29, 1.82) is 0 Å². The molecule has 0 unspecified atom stereocenters. The van der Waals surface area contributed by atoms with Gasteiger partial charge in [0.1, 0.15) is 12.1 Å². The number of anilines is 1. The Balaban J connectivity index is 1.15. The molecular weight excluding hydrogens is 420 g/mol. The highest BCUT2D eigenvalue weighted by Crippen LogP contribution is 2.23. The Labute approximate surface area is 191 Å². The van der Waals surface area contributed by atoms with Gasteiger partial charge < -0.3 is 14.3 Å². The molecule has 4 heterocycles. The first-order valence-electron chi connectivity index (χ1n) is 11.2. The van der Waals surface area contributed by atoms with Gasteiger partial charge in [-0.25, -0.2) is 9.97 Å². The first kappa shape index (κ1) is 21.0. The van der Waals surface area contributed by atoms with Crippen molar-refractivity contribution in [3.05, 3.63) is 48.2 Å². The van der Waals surface area contributed by atoms with Crippen LogP contribution in [0, 0.1) is 0 Å². The molecule has 1 saturated heterocycles. The van der Waals surface area contributed by atoms with Crippen LogP contribution < -0.4 is 4.90 Å². The lowest BCUT2D eigenvalue weighted by Gasteiger charge is -2.35. The van der Waals surface area contributed by atoms with Crippen LogP contribution in [0.3, 0.4) is 0 Å². The van der Waals surface area contributed by atoms with E-state index >= 15 is 0 Å². The summed E-state index contributed by atoms with van der Waals surface area (Å²) in [7, 11) is 1.87. The monoisotopic (exact) mass is 446 g/mol. The average molecular weight is 447 g/mol. The SMILES string of the molecule is CCc1ccc(-c2noc(CCC(=O)N3CCN(c4ncnc5c4cnn5C)CC3)n2)cc1. The summed E-state index contributed by atoms with van der Waals surface area (Å²) in [6, 6.07) is 8.12. The van der Waals surface area contributed by atoms with E-state index in [2.05, 4.69) is 49.2 Å². The number of carbonyl (C=O) groups is 1. The second-order valence-electron chi connectivity index (χ2n) is 8.13. The minimum atomic E-state index is 0.0934. The summed E-state index contributed by atoms with van der Waals surface area (Å²) in [5, 5.41) is 9.27. The number of rotatable bonds is 6. The summed E-state index contributed by atoms with van der Waals surface area (Å²) in [4.78, 5) is 30.0. The van der Waals surface area contributed by atoms with Gasteiger partial charge in [0.15, 0.2) is 5.65 Å². The van der Waals surface area contributed by atoms with Gasteiger partial charge in [0.2, 0.25) is 17.6 Å². The summed E-state index contributed by atoms with van der Waals surface area (Å²) in [5.41, 5.74) is 2.98. The second-order valence-corrected chi connectivity index (χ2v) is 8.13. The van der Waals surface area contributed by atoms with E-state index in [0.29, 0.717) is 50.7 Å². The first-order chi connectivity index (χ1) is 16.1. The maximum Gasteiger partial charge on any atom is 0.227 e. The third kappa shape index (κ3) is 4.28. The molecular formula is C23H26N8O2. The van der Waals surface area contributed by atoms with Gasteiger partial charge in [0, 0.05) is 51.6 Å². The van der Waals surface area contributed by atoms with Crippen molar-refractivity contribution in [2.45, 2.75) is 26.2 Å². The van der Waals surface area contributed by atoms with Crippen molar-refractivity contribution >= 4 is 22.8 Å². The summed E-state index contributed by atoms with van der Waals surface area (Å²) in [6.07, 6.45) is 5.12. The van der Waals surface area contributed by atoms with Gasteiger partial charge in [-0.3, -0.25) is 9.48 Å². The Hall–Kier alpha value is -3.82. The molecule has 0 spiro atoms. The molecule has 10 heteroatoms. The number of carbonyl (C=O) groups excluding carboxylic acids is 1. The van der Waals surface area contributed by atoms with E-state index in [1.807, 2.05) is 24.1 Å². The van der Waals surface area contributed by atoms with E-state index in [9.17, 15) is 4.79 Å². The molecule has 0 atom stereocenters. The normalized spacial score (nSPS) is 14.2. The number of hydrogen-bond acceptors (Lipinski definition) is 8. The van der Waals surface area contributed by atoms with Crippen molar-refractivity contribution in [3.8, 4) is 11.4 Å². The van der Waals surface area contributed by atoms with Crippen molar-refractivity contribution in [3.63, 3.8) is 0 Å². The fourth-order valence-corrected chi connectivity index (χ4v) is 4.10. The molecule has 0 saturated carbocycles. The van der Waals surface area contributed by atoms with E-state index < -0.39 is 0 Å². The zero-order valence-electron chi connectivity index (χ0n) is 18.8. The maximum atomic E-state index is 12.8. The van der Waals surface area contributed by atoms with Gasteiger partial charge in [0.25, 0.3) is 0 Å². The summed E-state index contributed by atoms with van der Waals surface area (Å²) in [5.74, 6) is 2.00. The number of benzene rings is 1. The molecule has 170 valence electrons. The van der Waals surface area contributed by atoms with E-state index in [4.69, 9.17) is 4.52 Å². The lowest BCUT2D eigenvalue weighted by molar-refractivity contribution is -0.131. The minimum Gasteiger partial charge on any atom is -0.352 e. The van der Waals surface area contributed by atoms with Crippen LogP contribution in [0.2, 0.25) is 0 Å². The predicted octanol–water partition coefficient (Wildman–Crippen LogP) is 2.26. The van der Waals surface area contributed by atoms with Crippen LogP contribution in [0.15, 0.2) is 41.3 Å². The zero-order valence-corrected chi connectivity index (χ0v) is 18.8. The fourth-order valence-electron chi connectivity index (χ4n) is 4.10. The number of aromatic nitrogens is 6. The van der Waals surface area contributed by atoms with Crippen LogP contribution in [0.5, 0.6) is 0 Å². The highest BCUT2D eigenvalue weighted by Gasteiger charge is 2.24. The Bertz CT molecular complexity index is 1260. The molecule has 0 N–H and O–H groups in total. The van der Waals surface area contributed by atoms with E-state index in [0.717, 1.165) is 28.8 Å². The van der Waals surface area contributed by atoms with Gasteiger partial charge in [-0.05, 0) is 12.0 Å². The highest BCUT2D eigenvalue weighted by molar-refractivity contribution is 5.86. The quantitative estimate of drug-likeness (QED) is 0.444. The molecule has 4 aromatic rings. The van der Waals surface area contributed by atoms with Crippen LogP contribution in [-0.2, 0) is 24.7 Å². The van der Waals surface area contributed by atoms with Crippen molar-refractivity contribution in [1.82, 2.24) is 34.8 Å². The molecule has 3 aromatic heterocycles. The van der Waals surface area contributed by atoms with Crippen LogP contribution >= 0.6 is 0 Å². The summed E-state index contributed by atoms with van der Waals surface area (Å²) >= 11 is 0. The predicted molar refractivity (Wildman–Crippen MR) is 123 cm³/mol. The molecule has 1 amide bonds. The summed E-state index contributed by atoms with van der Waals surface area (Å²) < 4.78 is 7.11. The molecule has 33 heavy (non-hydrogen) atoms. The lowest BCUT2D eigenvalue weighted by atomic mass is 10.1. The highest BCUT2D eigenvalue weighted by atomic mass is 16.5. The van der Waals surface area contributed by atoms with E-state index in [1.54, 1.807) is 17.2 Å². The molecule has 1 aliphatic rings. The topological polar surface area (TPSA) is 106 Å². The number of fused-ring (bicyclic) bond motifs is 1. The molecule has 5 rings (SSSR count). The van der Waals surface area contributed by atoms with Gasteiger partial charge in [-0.15, -0.1) is 0 Å². The zero-order chi connectivity index (χ0) is 22.8. The van der Waals surface area contributed by atoms with Gasteiger partial charge in [-0.2, -0.15) is 10.1 Å². The Kier molecular flexibility index (Phi) is 5.72. The standard InChI is InChI=1S/C23H26N8O2/c1-3-16-4-6-17(7-5-16)21-27-19(33-28-21)8-9-20(32)30-10-12-31(13-11-30)23-18-14-26-29(2)22(18)24-15-25-23/h4-7,14-15H,3,8-13H2,1-2H3. The molecule has 1 fully saturated rings. The molecule has 10 nitrogen and oxygen atoms in total. The number of hydrogen-bond donors (Lipinski definition) is 0. The number of aryl methyl sites for hydroxylation is 3. The largest absolute Gasteiger partial charge is 0.352 e. The number of piperazine rings is 1. The van der Waals surface area contributed by atoms with Crippen LogP contribution in [0.4, 0.5) is 5.82 Å². The maximum absolute atomic E-state index is 12.8. The fraction of sp³-hybridized carbons (Fsp3) is 0.391. The molecule has 1 aliphatic heterocycles. The second kappa shape index (κ2) is 8.97. The smallest absolute Gasteiger partial charge is 0.227 e. The van der Waals surface area contributed by atoms with Crippen molar-refractivity contribution in [2.24, 2.45) is 7.05 Å². The van der Waals surface area contributed by atoms with Crippen molar-refractivity contribution in [2.75, 3.05) is 31.1 Å². The average Bonchev–Trinajstić information content (AvgIpc) is 3.50. The van der Waals surface area contributed by atoms with E-state index in [-0.39, 0.29) is 5.91 Å². The molecule has 0 radical (unpaired) electrons. The molecule has 0 aliphatic carbocycles. The molecule has 1 aromatic carbocycles. The summed E-state index contributed by atoms with van der Waals surface area (Å²) in [6.45, 7) is 4.83. The van der Waals surface area contributed by atoms with Gasteiger partial charge >= 0.3 is 0 Å². The Morgan fingerprint density at radius 3 is 2.64 bits per heavy atom. The Morgan fingerprint density at radius 1 is 1.09 bits per heavy atom. The van der Waals surface area contributed by atoms with E-state index in [1.165, 1.54) is 5.56 Å². The van der Waals surface area contributed by atoms with Crippen LogP contribution in [0.25, 0.3) is 22.4 Å². The Morgan fingerprint density at radius 2 is 1.88 bits per heavy atom. The third-order valence-electron chi connectivity index (χ3n) is 6.08. The van der Waals surface area contributed by atoms with Crippen LogP contribution in [0.1, 0.15) is 24.8 Å². The van der Waals surface area contributed by atoms with Gasteiger partial charge in [0.05, 0.1) is 11.6 Å². The molecule has 0 bridgehead atoms. The first-order valence-corrected chi connectivity index (χ1v) is 11.2. The van der Waals surface area contributed by atoms with Gasteiger partial charge in [-0.1, -0.05) is 36.3 Å². The van der Waals surface area contributed by atoms with Crippen molar-refractivity contribution < 1.29 is 9.32 Å². The minimum absolute atomic E-state index is 0.0934. The third-order valence-corrected chi connectivity index (χ3v) is 6.08. The number of nitrogens with zero attached hydrogens (tertiary/aromatic N) is 8.